The summed E-state index contributed by atoms with van der Waals surface area (Å²) in [5.41, 5.74) is -0.857. The van der Waals surface area contributed by atoms with Gasteiger partial charge in [0.25, 0.3) is 0 Å². The van der Waals surface area contributed by atoms with E-state index in [0.717, 1.165) is 6.26 Å². The standard InChI is InChI=1S/C11H23N3O5S/c1-5-6-14(7-9(15)16)10(17)12-8-11(2,3)13-20(4,18)19/h13H,5-8H2,1-4H3,(H,12,17)(H,15,16). The van der Waals surface area contributed by atoms with Gasteiger partial charge >= 0.3 is 12.0 Å². The minimum Gasteiger partial charge on any atom is -0.480 e. The van der Waals surface area contributed by atoms with Crippen LogP contribution in [0.5, 0.6) is 0 Å². The highest BCUT2D eigenvalue weighted by molar-refractivity contribution is 7.88. The topological polar surface area (TPSA) is 116 Å². The molecule has 2 amide bonds. The lowest BCUT2D eigenvalue weighted by molar-refractivity contribution is -0.137. The first-order chi connectivity index (χ1) is 8.97. The summed E-state index contributed by atoms with van der Waals surface area (Å²) in [6, 6.07) is -0.530. The van der Waals surface area contributed by atoms with Crippen molar-refractivity contribution in [2.24, 2.45) is 0 Å². The molecule has 0 rings (SSSR count). The summed E-state index contributed by atoms with van der Waals surface area (Å²) >= 11 is 0. The largest absolute Gasteiger partial charge is 0.480 e. The zero-order chi connectivity index (χ0) is 16.0. The summed E-state index contributed by atoms with van der Waals surface area (Å²) < 4.78 is 24.7. The van der Waals surface area contributed by atoms with Crippen LogP contribution in [0, 0.1) is 0 Å². The van der Waals surface area contributed by atoms with E-state index in [1.54, 1.807) is 13.8 Å². The van der Waals surface area contributed by atoms with Gasteiger partial charge < -0.3 is 15.3 Å². The number of aliphatic carboxylic acids is 1. The summed E-state index contributed by atoms with van der Waals surface area (Å²) in [5, 5.41) is 11.3. The molecular weight excluding hydrogens is 286 g/mol. The van der Waals surface area contributed by atoms with Crippen molar-refractivity contribution in [2.45, 2.75) is 32.7 Å². The predicted molar refractivity (Wildman–Crippen MR) is 75.0 cm³/mol. The van der Waals surface area contributed by atoms with Crippen LogP contribution in [-0.2, 0) is 14.8 Å². The van der Waals surface area contributed by atoms with Gasteiger partial charge in [0.05, 0.1) is 6.26 Å². The van der Waals surface area contributed by atoms with E-state index < -0.39 is 27.6 Å². The fourth-order valence-electron chi connectivity index (χ4n) is 1.63. The summed E-state index contributed by atoms with van der Waals surface area (Å²) in [7, 11) is -3.39. The number of urea groups is 1. The van der Waals surface area contributed by atoms with Gasteiger partial charge in [-0.25, -0.2) is 17.9 Å². The smallest absolute Gasteiger partial charge is 0.323 e. The van der Waals surface area contributed by atoms with E-state index in [4.69, 9.17) is 5.11 Å². The Morgan fingerprint density at radius 1 is 1.30 bits per heavy atom. The quantitative estimate of drug-likeness (QED) is 0.575. The van der Waals surface area contributed by atoms with Gasteiger partial charge in [-0.3, -0.25) is 4.79 Å². The van der Waals surface area contributed by atoms with Gasteiger partial charge in [-0.05, 0) is 20.3 Å². The third-order valence-corrected chi connectivity index (χ3v) is 3.17. The normalized spacial score (nSPS) is 12.0. The molecule has 0 saturated heterocycles. The number of carboxylic acids is 1. The second-order valence-electron chi connectivity index (χ2n) is 5.23. The summed E-state index contributed by atoms with van der Waals surface area (Å²) in [5.74, 6) is -1.10. The minimum absolute atomic E-state index is 0.0543. The molecule has 0 aromatic rings. The van der Waals surface area contributed by atoms with Crippen LogP contribution >= 0.6 is 0 Å². The van der Waals surface area contributed by atoms with E-state index in [2.05, 4.69) is 10.0 Å². The molecule has 0 radical (unpaired) electrons. The van der Waals surface area contributed by atoms with Gasteiger partial charge in [-0.15, -0.1) is 0 Å². The Kier molecular flexibility index (Phi) is 6.94. The van der Waals surface area contributed by atoms with Crippen molar-refractivity contribution in [3.63, 3.8) is 0 Å². The monoisotopic (exact) mass is 309 g/mol. The fraction of sp³-hybridized carbons (Fsp3) is 0.818. The number of nitrogens with one attached hydrogen (secondary N) is 2. The molecule has 0 spiro atoms. The minimum atomic E-state index is -3.39. The first-order valence-electron chi connectivity index (χ1n) is 6.20. The molecule has 0 aliphatic heterocycles. The van der Waals surface area contributed by atoms with Crippen LogP contribution in [-0.4, -0.2) is 61.9 Å². The number of rotatable bonds is 8. The van der Waals surface area contributed by atoms with Crippen LogP contribution in [0.4, 0.5) is 4.79 Å². The van der Waals surface area contributed by atoms with Gasteiger partial charge in [0.2, 0.25) is 10.0 Å². The maximum Gasteiger partial charge on any atom is 0.323 e. The Labute approximate surface area is 119 Å². The molecule has 0 saturated carbocycles. The van der Waals surface area contributed by atoms with Crippen molar-refractivity contribution in [1.82, 2.24) is 14.9 Å². The zero-order valence-electron chi connectivity index (χ0n) is 12.3. The molecule has 9 heteroatoms. The molecule has 0 unspecified atom stereocenters. The number of hydrogen-bond acceptors (Lipinski definition) is 4. The van der Waals surface area contributed by atoms with E-state index in [0.29, 0.717) is 13.0 Å². The molecule has 0 aliphatic carbocycles. The van der Waals surface area contributed by atoms with Crippen molar-refractivity contribution in [3.8, 4) is 0 Å². The van der Waals surface area contributed by atoms with Crippen molar-refractivity contribution in [3.05, 3.63) is 0 Å². The number of hydrogen-bond donors (Lipinski definition) is 3. The molecule has 0 aliphatic rings. The molecule has 8 nitrogen and oxygen atoms in total. The summed E-state index contributed by atoms with van der Waals surface area (Å²) in [6.07, 6.45) is 1.66. The maximum atomic E-state index is 11.9. The summed E-state index contributed by atoms with van der Waals surface area (Å²) in [4.78, 5) is 23.7. The number of carboxylic acid groups (broad SMARTS) is 1. The van der Waals surface area contributed by atoms with E-state index in [1.807, 2.05) is 6.92 Å². The Balaban J connectivity index is 4.53. The van der Waals surface area contributed by atoms with Crippen LogP contribution in [0.15, 0.2) is 0 Å². The van der Waals surface area contributed by atoms with Gasteiger partial charge in [0.15, 0.2) is 0 Å². The molecule has 3 N–H and O–H groups in total. The third kappa shape index (κ3) is 8.70. The molecule has 0 heterocycles. The Bertz CT molecular complexity index is 447. The molecule has 0 fully saturated rings. The van der Waals surface area contributed by atoms with E-state index in [9.17, 15) is 18.0 Å². The third-order valence-electron chi connectivity index (χ3n) is 2.25. The van der Waals surface area contributed by atoms with Crippen LogP contribution in [0.1, 0.15) is 27.2 Å². The summed E-state index contributed by atoms with van der Waals surface area (Å²) in [6.45, 7) is 5.05. The Hall–Kier alpha value is -1.35. The number of sulfonamides is 1. The van der Waals surface area contributed by atoms with E-state index in [1.165, 1.54) is 4.90 Å². The second kappa shape index (κ2) is 7.44. The Morgan fingerprint density at radius 3 is 2.25 bits per heavy atom. The Morgan fingerprint density at radius 2 is 1.85 bits per heavy atom. The van der Waals surface area contributed by atoms with Gasteiger partial charge in [-0.1, -0.05) is 6.92 Å². The highest BCUT2D eigenvalue weighted by Gasteiger charge is 2.24. The van der Waals surface area contributed by atoms with E-state index >= 15 is 0 Å². The van der Waals surface area contributed by atoms with Crippen LogP contribution in [0.3, 0.4) is 0 Å². The molecule has 0 aromatic heterocycles. The van der Waals surface area contributed by atoms with Gasteiger partial charge in [0.1, 0.15) is 6.54 Å². The van der Waals surface area contributed by atoms with Crippen molar-refractivity contribution < 1.29 is 23.1 Å². The fourth-order valence-corrected chi connectivity index (χ4v) is 2.71. The lowest BCUT2D eigenvalue weighted by Gasteiger charge is -2.27. The predicted octanol–water partition coefficient (Wildman–Crippen LogP) is -0.180. The van der Waals surface area contributed by atoms with Gasteiger partial charge in [0, 0.05) is 18.6 Å². The first-order valence-corrected chi connectivity index (χ1v) is 8.09. The lowest BCUT2D eigenvalue weighted by Crippen LogP contribution is -2.53. The zero-order valence-corrected chi connectivity index (χ0v) is 13.1. The average Bonchev–Trinajstić information content (AvgIpc) is 2.21. The first kappa shape index (κ1) is 18.7. The number of amides is 2. The highest BCUT2D eigenvalue weighted by atomic mass is 32.2. The number of carbonyl (C=O) groups is 2. The van der Waals surface area contributed by atoms with Crippen molar-refractivity contribution in [2.75, 3.05) is 25.9 Å². The highest BCUT2D eigenvalue weighted by Crippen LogP contribution is 2.03. The van der Waals surface area contributed by atoms with Crippen molar-refractivity contribution in [1.29, 1.82) is 0 Å². The molecular formula is C11H23N3O5S. The van der Waals surface area contributed by atoms with Gasteiger partial charge in [-0.2, -0.15) is 0 Å². The second-order valence-corrected chi connectivity index (χ2v) is 6.98. The lowest BCUT2D eigenvalue weighted by atomic mass is 10.1. The van der Waals surface area contributed by atoms with Crippen LogP contribution in [0.25, 0.3) is 0 Å². The van der Waals surface area contributed by atoms with Crippen LogP contribution in [0.2, 0.25) is 0 Å². The SMILES string of the molecule is CCCN(CC(=O)O)C(=O)NCC(C)(C)NS(C)(=O)=O. The molecule has 0 atom stereocenters. The average molecular weight is 309 g/mol. The van der Waals surface area contributed by atoms with Crippen LogP contribution < -0.4 is 10.0 Å². The maximum absolute atomic E-state index is 11.9. The number of nitrogens with zero attached hydrogens (tertiary/aromatic N) is 1. The number of carbonyl (C=O) groups excluding carboxylic acids is 1. The van der Waals surface area contributed by atoms with E-state index in [-0.39, 0.29) is 13.1 Å². The molecule has 20 heavy (non-hydrogen) atoms. The molecule has 118 valence electrons. The van der Waals surface area contributed by atoms with Crippen molar-refractivity contribution >= 4 is 22.0 Å². The molecule has 0 aromatic carbocycles. The molecule has 0 bridgehead atoms.